The molecule has 0 radical (unpaired) electrons. The third kappa shape index (κ3) is 4.42. The topological polar surface area (TPSA) is 64.4 Å². The molecule has 162 valence electrons. The van der Waals surface area contributed by atoms with Crippen molar-refractivity contribution in [2.75, 3.05) is 6.61 Å². The summed E-state index contributed by atoms with van der Waals surface area (Å²) in [5.74, 6) is 0.583. The van der Waals surface area contributed by atoms with Crippen molar-refractivity contribution in [3.05, 3.63) is 90.0 Å². The number of aromatic nitrogens is 1. The van der Waals surface area contributed by atoms with Gasteiger partial charge in [0.1, 0.15) is 11.3 Å². The first kappa shape index (κ1) is 21.4. The van der Waals surface area contributed by atoms with Crippen molar-refractivity contribution in [2.45, 2.75) is 27.3 Å². The fourth-order valence-corrected chi connectivity index (χ4v) is 3.80. The first-order valence-corrected chi connectivity index (χ1v) is 10.7. The Morgan fingerprint density at radius 3 is 2.62 bits per heavy atom. The van der Waals surface area contributed by atoms with Crippen molar-refractivity contribution in [2.24, 2.45) is 0 Å². The predicted molar refractivity (Wildman–Crippen MR) is 127 cm³/mol. The van der Waals surface area contributed by atoms with Gasteiger partial charge in [0, 0.05) is 47.1 Å². The van der Waals surface area contributed by atoms with E-state index in [0.29, 0.717) is 13.2 Å². The van der Waals surface area contributed by atoms with Gasteiger partial charge in [0.2, 0.25) is 5.91 Å². The number of benzene rings is 2. The van der Waals surface area contributed by atoms with Gasteiger partial charge >= 0.3 is 0 Å². The van der Waals surface area contributed by atoms with Gasteiger partial charge in [0.15, 0.2) is 0 Å². The number of aryl methyl sites for hydroxylation is 1. The SMILES string of the molecule is CCOc1c(/C(C)=C/C(=O)NCc2ccncc2)cc2c(-c3ccccc3)coc2c1C. The molecule has 32 heavy (non-hydrogen) atoms. The molecule has 1 N–H and O–H groups in total. The average molecular weight is 427 g/mol. The first-order chi connectivity index (χ1) is 15.6. The zero-order valence-corrected chi connectivity index (χ0v) is 18.5. The Labute approximate surface area is 187 Å². The van der Waals surface area contributed by atoms with Gasteiger partial charge in [-0.25, -0.2) is 0 Å². The number of pyridine rings is 1. The fourth-order valence-electron chi connectivity index (χ4n) is 3.80. The maximum atomic E-state index is 12.6. The summed E-state index contributed by atoms with van der Waals surface area (Å²) in [6.45, 7) is 6.84. The number of carbonyl (C=O) groups excluding carboxylic acids is 1. The molecule has 0 aliphatic heterocycles. The second kappa shape index (κ2) is 9.52. The van der Waals surface area contributed by atoms with Crippen LogP contribution in [0.25, 0.3) is 27.7 Å². The van der Waals surface area contributed by atoms with Crippen LogP contribution in [-0.2, 0) is 11.3 Å². The molecule has 1 amide bonds. The number of furan rings is 1. The highest BCUT2D eigenvalue weighted by Gasteiger charge is 2.19. The normalized spacial score (nSPS) is 11.5. The van der Waals surface area contributed by atoms with Crippen LogP contribution in [0.5, 0.6) is 5.75 Å². The number of nitrogens with zero attached hydrogens (tertiary/aromatic N) is 1. The summed E-state index contributed by atoms with van der Waals surface area (Å²) in [5.41, 5.74) is 6.52. The Morgan fingerprint density at radius 2 is 1.91 bits per heavy atom. The van der Waals surface area contributed by atoms with Crippen LogP contribution in [0.2, 0.25) is 0 Å². The Kier molecular flexibility index (Phi) is 6.36. The number of hydrogen-bond acceptors (Lipinski definition) is 4. The van der Waals surface area contributed by atoms with Gasteiger partial charge < -0.3 is 14.5 Å². The molecule has 0 aliphatic rings. The number of fused-ring (bicyclic) bond motifs is 1. The summed E-state index contributed by atoms with van der Waals surface area (Å²) in [4.78, 5) is 16.6. The number of nitrogens with one attached hydrogen (secondary N) is 1. The van der Waals surface area contributed by atoms with Crippen molar-refractivity contribution in [1.29, 1.82) is 0 Å². The van der Waals surface area contributed by atoms with Gasteiger partial charge in [0.25, 0.3) is 0 Å². The monoisotopic (exact) mass is 426 g/mol. The quantitative estimate of drug-likeness (QED) is 0.373. The van der Waals surface area contributed by atoms with E-state index in [0.717, 1.165) is 50.1 Å². The number of ether oxygens (including phenoxy) is 1. The molecular weight excluding hydrogens is 400 g/mol. The number of rotatable bonds is 7. The van der Waals surface area contributed by atoms with Gasteiger partial charge in [-0.2, -0.15) is 0 Å². The van der Waals surface area contributed by atoms with E-state index in [2.05, 4.69) is 28.5 Å². The zero-order chi connectivity index (χ0) is 22.5. The third-order valence-corrected chi connectivity index (χ3v) is 5.41. The fraction of sp³-hybridized carbons (Fsp3) is 0.185. The molecule has 2 aromatic carbocycles. The Bertz CT molecular complexity index is 1260. The van der Waals surface area contributed by atoms with E-state index in [1.54, 1.807) is 24.7 Å². The molecule has 0 aliphatic carbocycles. The molecule has 0 saturated heterocycles. The summed E-state index contributed by atoms with van der Waals surface area (Å²) in [7, 11) is 0. The number of carbonyl (C=O) groups is 1. The minimum atomic E-state index is -0.157. The van der Waals surface area contributed by atoms with Crippen molar-refractivity contribution < 1.29 is 13.9 Å². The molecule has 0 atom stereocenters. The van der Waals surface area contributed by atoms with Crippen LogP contribution in [0.1, 0.15) is 30.5 Å². The summed E-state index contributed by atoms with van der Waals surface area (Å²) >= 11 is 0. The molecule has 0 saturated carbocycles. The van der Waals surface area contributed by atoms with E-state index in [-0.39, 0.29) is 5.91 Å². The molecule has 2 heterocycles. The second-order valence-corrected chi connectivity index (χ2v) is 7.60. The molecule has 0 spiro atoms. The summed E-state index contributed by atoms with van der Waals surface area (Å²) in [5, 5.41) is 3.93. The van der Waals surface area contributed by atoms with Crippen LogP contribution >= 0.6 is 0 Å². The first-order valence-electron chi connectivity index (χ1n) is 10.7. The van der Waals surface area contributed by atoms with Gasteiger partial charge in [-0.05, 0) is 55.7 Å². The maximum Gasteiger partial charge on any atom is 0.244 e. The van der Waals surface area contributed by atoms with Crippen LogP contribution < -0.4 is 10.1 Å². The lowest BCUT2D eigenvalue weighted by molar-refractivity contribution is -0.116. The average Bonchev–Trinajstić information content (AvgIpc) is 3.25. The van der Waals surface area contributed by atoms with Gasteiger partial charge in [-0.3, -0.25) is 9.78 Å². The van der Waals surface area contributed by atoms with E-state index >= 15 is 0 Å². The second-order valence-electron chi connectivity index (χ2n) is 7.60. The Balaban J connectivity index is 1.71. The smallest absolute Gasteiger partial charge is 0.244 e. The summed E-state index contributed by atoms with van der Waals surface area (Å²) in [6.07, 6.45) is 6.83. The van der Waals surface area contributed by atoms with Gasteiger partial charge in [0.05, 0.1) is 12.9 Å². The largest absolute Gasteiger partial charge is 0.493 e. The highest BCUT2D eigenvalue weighted by Crippen LogP contribution is 2.40. The number of hydrogen-bond donors (Lipinski definition) is 1. The van der Waals surface area contributed by atoms with E-state index in [4.69, 9.17) is 9.15 Å². The standard InChI is InChI=1S/C27H26N2O3/c1-4-31-26-19(3)27-23(24(17-32-27)21-8-6-5-7-9-21)15-22(26)18(2)14-25(30)29-16-20-10-12-28-13-11-20/h5-15,17H,4,16H2,1-3H3,(H,29,30)/b18-14+. The van der Waals surface area contributed by atoms with E-state index in [1.165, 1.54) is 0 Å². The van der Waals surface area contributed by atoms with E-state index in [9.17, 15) is 4.79 Å². The van der Waals surface area contributed by atoms with Crippen molar-refractivity contribution >= 4 is 22.4 Å². The van der Waals surface area contributed by atoms with Crippen LogP contribution in [0.4, 0.5) is 0 Å². The third-order valence-electron chi connectivity index (χ3n) is 5.41. The lowest BCUT2D eigenvalue weighted by atomic mass is 9.96. The molecular formula is C27H26N2O3. The van der Waals surface area contributed by atoms with Gasteiger partial charge in [-0.1, -0.05) is 30.3 Å². The summed E-state index contributed by atoms with van der Waals surface area (Å²) in [6, 6.07) is 15.9. The zero-order valence-electron chi connectivity index (χ0n) is 18.5. The van der Waals surface area contributed by atoms with Crippen molar-refractivity contribution in [1.82, 2.24) is 10.3 Å². The minimum absolute atomic E-state index is 0.157. The summed E-state index contributed by atoms with van der Waals surface area (Å²) < 4.78 is 11.9. The molecule has 5 nitrogen and oxygen atoms in total. The van der Waals surface area contributed by atoms with Crippen LogP contribution in [0, 0.1) is 6.92 Å². The highest BCUT2D eigenvalue weighted by molar-refractivity contribution is 6.01. The highest BCUT2D eigenvalue weighted by atomic mass is 16.5. The van der Waals surface area contributed by atoms with E-state index in [1.807, 2.05) is 51.1 Å². The number of allylic oxidation sites excluding steroid dienone is 1. The maximum absolute atomic E-state index is 12.6. The van der Waals surface area contributed by atoms with Crippen molar-refractivity contribution in [3.63, 3.8) is 0 Å². The van der Waals surface area contributed by atoms with E-state index < -0.39 is 0 Å². The molecule has 0 fully saturated rings. The molecule has 0 unspecified atom stereocenters. The van der Waals surface area contributed by atoms with Crippen molar-refractivity contribution in [3.8, 4) is 16.9 Å². The molecule has 4 rings (SSSR count). The molecule has 4 aromatic rings. The lowest BCUT2D eigenvalue weighted by Crippen LogP contribution is -2.20. The van der Waals surface area contributed by atoms with Crippen LogP contribution in [-0.4, -0.2) is 17.5 Å². The van der Waals surface area contributed by atoms with Gasteiger partial charge in [-0.15, -0.1) is 0 Å². The Morgan fingerprint density at radius 1 is 1.16 bits per heavy atom. The number of amides is 1. The molecule has 0 bridgehead atoms. The predicted octanol–water partition coefficient (Wildman–Crippen LogP) is 5.92. The van der Waals surface area contributed by atoms with Crippen LogP contribution in [0.15, 0.2) is 77.7 Å². The molecule has 2 aromatic heterocycles. The Hall–Kier alpha value is -3.86. The minimum Gasteiger partial charge on any atom is -0.493 e. The van der Waals surface area contributed by atoms with Crippen LogP contribution in [0.3, 0.4) is 0 Å². The lowest BCUT2D eigenvalue weighted by Gasteiger charge is -2.15. The molecule has 5 heteroatoms.